The van der Waals surface area contributed by atoms with Gasteiger partial charge in [0.25, 0.3) is 5.91 Å². The van der Waals surface area contributed by atoms with Gasteiger partial charge >= 0.3 is 0 Å². The summed E-state index contributed by atoms with van der Waals surface area (Å²) in [5.74, 6) is -1.28. The van der Waals surface area contributed by atoms with Crippen molar-refractivity contribution in [3.63, 3.8) is 0 Å². The van der Waals surface area contributed by atoms with Crippen molar-refractivity contribution < 1.29 is 23.0 Å². The number of para-hydroxylation sites is 1. The van der Waals surface area contributed by atoms with Gasteiger partial charge in [0.15, 0.2) is 0 Å². The number of nitrogens with one attached hydrogen (secondary N) is 2. The van der Waals surface area contributed by atoms with E-state index in [9.17, 15) is 13.6 Å². The van der Waals surface area contributed by atoms with Crippen LogP contribution >= 0.6 is 11.9 Å². The first-order valence-electron chi connectivity index (χ1n) is 16.7. The first-order valence-corrected chi connectivity index (χ1v) is 17.9. The van der Waals surface area contributed by atoms with E-state index in [-0.39, 0.29) is 17.9 Å². The molecule has 6 aromatic rings. The Morgan fingerprint density at radius 2 is 1.73 bits per heavy atom. The number of aromatic nitrogens is 4. The van der Waals surface area contributed by atoms with Crippen molar-refractivity contribution in [2.75, 3.05) is 61.7 Å². The van der Waals surface area contributed by atoms with Gasteiger partial charge in [-0.1, -0.05) is 24.1 Å². The van der Waals surface area contributed by atoms with Crippen LogP contribution in [-0.2, 0) is 0 Å². The predicted molar refractivity (Wildman–Crippen MR) is 201 cm³/mol. The van der Waals surface area contributed by atoms with Crippen molar-refractivity contribution in [1.82, 2.24) is 23.7 Å². The van der Waals surface area contributed by atoms with Gasteiger partial charge in [0.2, 0.25) is 5.95 Å². The van der Waals surface area contributed by atoms with E-state index in [1.165, 1.54) is 6.07 Å². The van der Waals surface area contributed by atoms with E-state index in [1.54, 1.807) is 56.4 Å². The van der Waals surface area contributed by atoms with E-state index >= 15 is 0 Å². The number of amides is 1. The predicted octanol–water partition coefficient (Wildman–Crippen LogP) is 7.54. The van der Waals surface area contributed by atoms with Crippen LogP contribution in [0.25, 0.3) is 28.3 Å². The van der Waals surface area contributed by atoms with Crippen molar-refractivity contribution in [1.29, 1.82) is 0 Å². The van der Waals surface area contributed by atoms with Crippen LogP contribution in [-0.4, -0.2) is 75.7 Å². The Balaban J connectivity index is 1.23. The molecule has 0 bridgehead atoms. The molecule has 52 heavy (non-hydrogen) atoms. The maximum absolute atomic E-state index is 14.5. The number of carbonyl (C=O) groups excluding carboxylic acids is 1. The van der Waals surface area contributed by atoms with Gasteiger partial charge in [0, 0.05) is 55.9 Å². The lowest BCUT2D eigenvalue weighted by atomic mass is 10.0. The summed E-state index contributed by atoms with van der Waals surface area (Å²) in [5.41, 5.74) is 4.24. The number of methoxy groups -OCH3 is 1. The maximum atomic E-state index is 14.5. The minimum Gasteiger partial charge on any atom is -0.494 e. The van der Waals surface area contributed by atoms with Crippen molar-refractivity contribution in [3.05, 3.63) is 108 Å². The van der Waals surface area contributed by atoms with Gasteiger partial charge < -0.3 is 25.0 Å². The van der Waals surface area contributed by atoms with E-state index in [2.05, 4.69) is 37.1 Å². The average molecular weight is 723 g/mol. The molecule has 14 heteroatoms. The zero-order chi connectivity index (χ0) is 36.2. The second-order valence-electron chi connectivity index (χ2n) is 11.8. The van der Waals surface area contributed by atoms with Crippen molar-refractivity contribution in [2.45, 2.75) is 6.92 Å². The fourth-order valence-electron chi connectivity index (χ4n) is 6.16. The number of rotatable bonds is 11. The fourth-order valence-corrected chi connectivity index (χ4v) is 6.68. The molecule has 266 valence electrons. The normalized spacial score (nSPS) is 13.3. The van der Waals surface area contributed by atoms with Crippen molar-refractivity contribution >= 4 is 46.5 Å². The van der Waals surface area contributed by atoms with Gasteiger partial charge in [-0.3, -0.25) is 9.20 Å². The first kappa shape index (κ1) is 34.7. The average Bonchev–Trinajstić information content (AvgIpc) is 3.57. The highest BCUT2D eigenvalue weighted by Gasteiger charge is 2.23. The van der Waals surface area contributed by atoms with Crippen LogP contribution in [0.4, 0.5) is 31.8 Å². The van der Waals surface area contributed by atoms with Crippen LogP contribution in [0.2, 0.25) is 0 Å². The number of halogens is 2. The molecule has 0 unspecified atom stereocenters. The lowest BCUT2D eigenvalue weighted by molar-refractivity contribution is 0.102. The summed E-state index contributed by atoms with van der Waals surface area (Å²) in [6.07, 6.45) is 5.63. The number of hydrogen-bond acceptors (Lipinski definition) is 10. The maximum Gasteiger partial charge on any atom is 0.259 e. The SMILES string of the molecule is CCOc1ccc(-c2nc3ccccn3c2-c2ccnc(Nc3ccc(N4CCN(SC)CC4)cc3OC)n2)cc1C(=O)Nc1c(F)cccc1F. The van der Waals surface area contributed by atoms with Crippen LogP contribution in [0.15, 0.2) is 91.3 Å². The molecule has 1 fully saturated rings. The minimum atomic E-state index is -0.892. The van der Waals surface area contributed by atoms with Gasteiger partial charge in [0.05, 0.1) is 42.0 Å². The van der Waals surface area contributed by atoms with Crippen LogP contribution in [0.1, 0.15) is 17.3 Å². The highest BCUT2D eigenvalue weighted by Crippen LogP contribution is 2.36. The van der Waals surface area contributed by atoms with Gasteiger partial charge in [-0.15, -0.1) is 0 Å². The van der Waals surface area contributed by atoms with Crippen molar-refractivity contribution in [3.8, 4) is 34.1 Å². The number of piperazine rings is 1. The molecular weight excluding hydrogens is 687 g/mol. The lowest BCUT2D eigenvalue weighted by Crippen LogP contribution is -2.43. The number of ether oxygens (including phenoxy) is 2. The van der Waals surface area contributed by atoms with Crippen LogP contribution < -0.4 is 25.0 Å². The number of hydrogen-bond donors (Lipinski definition) is 2. The van der Waals surface area contributed by atoms with E-state index in [4.69, 9.17) is 19.4 Å². The summed E-state index contributed by atoms with van der Waals surface area (Å²) in [7, 11) is 1.64. The molecule has 0 aliphatic carbocycles. The van der Waals surface area contributed by atoms with E-state index < -0.39 is 23.2 Å². The van der Waals surface area contributed by atoms with Gasteiger partial charge in [-0.25, -0.2) is 28.0 Å². The van der Waals surface area contributed by atoms with Crippen LogP contribution in [0.3, 0.4) is 0 Å². The number of pyridine rings is 1. The summed E-state index contributed by atoms with van der Waals surface area (Å²) >= 11 is 1.77. The molecule has 1 amide bonds. The summed E-state index contributed by atoms with van der Waals surface area (Å²) in [6, 6.07) is 21.9. The lowest BCUT2D eigenvalue weighted by Gasteiger charge is -2.35. The largest absolute Gasteiger partial charge is 0.494 e. The first-order chi connectivity index (χ1) is 25.4. The number of imidazole rings is 1. The molecule has 0 spiro atoms. The Morgan fingerprint density at radius 3 is 2.48 bits per heavy atom. The third-order valence-corrected chi connectivity index (χ3v) is 9.60. The highest BCUT2D eigenvalue weighted by molar-refractivity contribution is 7.96. The summed E-state index contributed by atoms with van der Waals surface area (Å²) < 4.78 is 44.7. The molecule has 3 aromatic carbocycles. The summed E-state index contributed by atoms with van der Waals surface area (Å²) in [6.45, 7) is 5.86. The Bertz CT molecular complexity index is 2220. The molecule has 3 aromatic heterocycles. The molecule has 0 atom stereocenters. The van der Waals surface area contributed by atoms with Crippen molar-refractivity contribution in [2.24, 2.45) is 0 Å². The zero-order valence-electron chi connectivity index (χ0n) is 28.8. The third-order valence-electron chi connectivity index (χ3n) is 8.72. The summed E-state index contributed by atoms with van der Waals surface area (Å²) in [4.78, 5) is 30.2. The molecule has 1 aliphatic heterocycles. The molecular formula is C38H36F2N8O3S. The summed E-state index contributed by atoms with van der Waals surface area (Å²) in [5, 5.41) is 5.69. The molecule has 2 N–H and O–H groups in total. The third kappa shape index (κ3) is 7.07. The van der Waals surface area contributed by atoms with E-state index in [1.807, 2.05) is 40.9 Å². The molecule has 0 radical (unpaired) electrons. The molecule has 4 heterocycles. The number of carbonyl (C=O) groups is 1. The number of anilines is 4. The van der Waals surface area contributed by atoms with E-state index in [0.29, 0.717) is 45.7 Å². The zero-order valence-corrected chi connectivity index (χ0v) is 29.6. The smallest absolute Gasteiger partial charge is 0.259 e. The quantitative estimate of drug-likeness (QED) is 0.130. The highest BCUT2D eigenvalue weighted by atomic mass is 32.2. The molecule has 1 aliphatic rings. The molecule has 11 nitrogen and oxygen atoms in total. The second-order valence-corrected chi connectivity index (χ2v) is 12.7. The topological polar surface area (TPSA) is 109 Å². The standard InChI is InChI=1S/C38H36F2N8O3S/c1-4-51-31-14-11-24(22-26(31)37(49)45-35-27(39)8-7-9-28(35)40)34-36(48-17-6-5-10-33(48)44-34)30-15-16-41-38(43-30)42-29-13-12-25(23-32(29)50-2)46-18-20-47(52-3)21-19-46/h5-17,22-23H,4,18-21H2,1-3H3,(H,45,49)(H,41,42,43). The minimum absolute atomic E-state index is 0.0803. The Morgan fingerprint density at radius 1 is 0.923 bits per heavy atom. The van der Waals surface area contributed by atoms with Gasteiger partial charge in [-0.2, -0.15) is 0 Å². The van der Waals surface area contributed by atoms with Crippen LogP contribution in [0, 0.1) is 11.6 Å². The Hall–Kier alpha value is -5.73. The Labute approximate surface area is 303 Å². The fraction of sp³-hybridized carbons (Fsp3) is 0.211. The van der Waals surface area contributed by atoms with Crippen LogP contribution in [0.5, 0.6) is 11.5 Å². The van der Waals surface area contributed by atoms with Gasteiger partial charge in [0.1, 0.15) is 34.5 Å². The van der Waals surface area contributed by atoms with Gasteiger partial charge in [-0.05, 0) is 73.8 Å². The molecule has 1 saturated heterocycles. The second kappa shape index (κ2) is 15.3. The number of nitrogens with zero attached hydrogens (tertiary/aromatic N) is 6. The monoisotopic (exact) mass is 722 g/mol. The number of benzene rings is 3. The molecule has 0 saturated carbocycles. The Kier molecular flexibility index (Phi) is 10.2. The van der Waals surface area contributed by atoms with E-state index in [0.717, 1.165) is 44.0 Å². The molecule has 7 rings (SSSR count). The number of fused-ring (bicyclic) bond motifs is 1.